The van der Waals surface area contributed by atoms with Crippen LogP contribution in [0.25, 0.3) is 0 Å². The number of hydrogen-bond donors (Lipinski definition) is 0. The van der Waals surface area contributed by atoms with Crippen LogP contribution < -0.4 is 0 Å². The van der Waals surface area contributed by atoms with Crippen molar-refractivity contribution in [1.82, 2.24) is 0 Å². The molecule has 0 aliphatic carbocycles. The molecule has 0 bridgehead atoms. The zero-order valence-corrected chi connectivity index (χ0v) is 28.7. The van der Waals surface area contributed by atoms with Crippen LogP contribution in [0, 0.1) is 0 Å². The van der Waals surface area contributed by atoms with Crippen LogP contribution in [0.5, 0.6) is 0 Å². The predicted molar refractivity (Wildman–Crippen MR) is 146 cm³/mol. The average molecular weight is 609 g/mol. The molecule has 0 saturated heterocycles. The lowest BCUT2D eigenvalue weighted by atomic mass is 10.1. The quantitative estimate of drug-likeness (QED) is 0.104. The highest BCUT2D eigenvalue weighted by molar-refractivity contribution is 6.82. The molecule has 0 aliphatic heterocycles. The van der Waals surface area contributed by atoms with E-state index in [2.05, 4.69) is 6.92 Å². The first kappa shape index (κ1) is 37.4. The maximum Gasteiger partial charge on any atom is 0.671 e. The molecule has 0 rings (SSSR count). The molecule has 0 saturated carbocycles. The van der Waals surface area contributed by atoms with E-state index in [4.69, 9.17) is 52.2 Å². The van der Waals surface area contributed by atoms with Gasteiger partial charge in [0.25, 0.3) is 0 Å². The highest BCUT2D eigenvalue weighted by Gasteiger charge is 2.65. The van der Waals surface area contributed by atoms with Gasteiger partial charge in [0.15, 0.2) is 0 Å². The van der Waals surface area contributed by atoms with Gasteiger partial charge < -0.3 is 52.2 Å². The van der Waals surface area contributed by atoms with Gasteiger partial charge in [-0.1, -0.05) is 64.7 Å². The van der Waals surface area contributed by atoms with Crippen molar-refractivity contribution < 1.29 is 52.2 Å². The molecule has 0 fully saturated rings. The summed E-state index contributed by atoms with van der Waals surface area (Å²) in [5.74, 6) is 0. The molecule has 12 nitrogen and oxygen atoms in total. The molecule has 0 aromatic heterocycles. The summed E-state index contributed by atoms with van der Waals surface area (Å²) in [5, 5.41) is 0. The average Bonchev–Trinajstić information content (AvgIpc) is 2.94. The van der Waals surface area contributed by atoms with E-state index in [1.54, 1.807) is 0 Å². The summed E-state index contributed by atoms with van der Waals surface area (Å²) in [5.41, 5.74) is 0. The van der Waals surface area contributed by atoms with Crippen LogP contribution in [-0.2, 0) is 52.2 Å². The van der Waals surface area contributed by atoms with Crippen LogP contribution in [-0.4, -0.2) is 99.9 Å². The minimum atomic E-state index is -3.92. The molecule has 0 aromatic rings. The Morgan fingerprint density at radius 2 is 0.595 bits per heavy atom. The summed E-state index contributed by atoms with van der Waals surface area (Å²) in [6.07, 6.45) is 11.6. The Morgan fingerprint density at radius 1 is 0.351 bits per heavy atom. The third-order valence-corrected chi connectivity index (χ3v) is 18.1. The van der Waals surface area contributed by atoms with Crippen LogP contribution in [0.15, 0.2) is 0 Å². The van der Waals surface area contributed by atoms with Crippen molar-refractivity contribution in [3.63, 3.8) is 0 Å². The van der Waals surface area contributed by atoms with E-state index in [1.165, 1.54) is 103 Å². The lowest BCUT2D eigenvalue weighted by Gasteiger charge is -2.41. The van der Waals surface area contributed by atoms with Crippen LogP contribution >= 0.6 is 0 Å². The Labute approximate surface area is 229 Å². The number of hydrogen-bond acceptors (Lipinski definition) is 12. The van der Waals surface area contributed by atoms with Crippen LogP contribution in [0.1, 0.15) is 71.1 Å². The second kappa shape index (κ2) is 20.3. The molecule has 0 spiro atoms. The molecule has 0 radical (unpaired) electrons. The Balaban J connectivity index is 5.90. The van der Waals surface area contributed by atoms with Gasteiger partial charge in [-0.25, -0.2) is 0 Å². The summed E-state index contributed by atoms with van der Waals surface area (Å²) in [7, 11) is -2.15. The Hall–Kier alpha value is 0.388. The largest absolute Gasteiger partial charge is 0.671 e. The molecule has 0 N–H and O–H groups in total. The molecule has 0 amide bonds. The summed E-state index contributed by atoms with van der Waals surface area (Å²) in [4.78, 5) is 0. The van der Waals surface area contributed by atoms with Crippen LogP contribution in [0.4, 0.5) is 0 Å². The van der Waals surface area contributed by atoms with Crippen LogP contribution in [0.2, 0.25) is 6.04 Å². The Morgan fingerprint density at radius 3 is 0.838 bits per heavy atom. The number of rotatable bonds is 26. The minimum absolute atomic E-state index is 0.337. The fourth-order valence-corrected chi connectivity index (χ4v) is 16.3. The van der Waals surface area contributed by atoms with Crippen molar-refractivity contribution in [2.24, 2.45) is 0 Å². The Kier molecular flexibility index (Phi) is 20.5. The maximum atomic E-state index is 6.43. The second-order valence-electron chi connectivity index (χ2n) is 8.26. The summed E-state index contributed by atoms with van der Waals surface area (Å²) in [6.45, 7) is 2.23. The molecule has 0 aromatic carbocycles. The summed E-state index contributed by atoms with van der Waals surface area (Å²) >= 11 is 0. The summed E-state index contributed by atoms with van der Waals surface area (Å²) in [6, 6.07) is 0.337. The molecule has 0 heterocycles. The Bertz CT molecular complexity index is 472. The highest BCUT2D eigenvalue weighted by atomic mass is 28.5. The third kappa shape index (κ3) is 12.6. The zero-order chi connectivity index (χ0) is 28.3. The summed E-state index contributed by atoms with van der Waals surface area (Å²) < 4.78 is 69.3. The normalized spacial score (nSPS) is 13.5. The van der Waals surface area contributed by atoms with E-state index in [0.29, 0.717) is 12.5 Å². The van der Waals surface area contributed by atoms with Gasteiger partial charge in [0, 0.05) is 70.0 Å². The van der Waals surface area contributed by atoms with E-state index >= 15 is 0 Å². The topological polar surface area (TPSA) is 111 Å². The first-order valence-electron chi connectivity index (χ1n) is 12.8. The van der Waals surface area contributed by atoms with Crippen molar-refractivity contribution in [3.05, 3.63) is 0 Å². The van der Waals surface area contributed by atoms with Crippen molar-refractivity contribution in [2.45, 2.75) is 77.2 Å². The highest BCUT2D eigenvalue weighted by Crippen LogP contribution is 2.32. The second-order valence-corrected chi connectivity index (χ2v) is 19.2. The molecule has 0 atom stereocenters. The first-order chi connectivity index (χ1) is 17.7. The molecule has 16 heteroatoms. The minimum Gasteiger partial charge on any atom is -0.355 e. The predicted octanol–water partition coefficient (Wildman–Crippen LogP) is 4.02. The van der Waals surface area contributed by atoms with Gasteiger partial charge in [0.1, 0.15) is 0 Å². The van der Waals surface area contributed by atoms with E-state index in [1.807, 2.05) is 0 Å². The van der Waals surface area contributed by atoms with E-state index in [-0.39, 0.29) is 0 Å². The van der Waals surface area contributed by atoms with E-state index in [0.717, 1.165) is 19.3 Å². The monoisotopic (exact) mass is 608 g/mol. The fraction of sp³-hybridized carbons (Fsp3) is 1.00. The van der Waals surface area contributed by atoms with Gasteiger partial charge in [0.2, 0.25) is 0 Å². The van der Waals surface area contributed by atoms with Crippen molar-refractivity contribution in [1.29, 1.82) is 0 Å². The zero-order valence-electron chi connectivity index (χ0n) is 24.7. The van der Waals surface area contributed by atoms with Crippen molar-refractivity contribution in [3.8, 4) is 0 Å². The van der Waals surface area contributed by atoms with Gasteiger partial charge in [0.05, 0.1) is 0 Å². The molecule has 37 heavy (non-hydrogen) atoms. The van der Waals surface area contributed by atoms with Gasteiger partial charge in [-0.2, -0.15) is 0 Å². The molecule has 224 valence electrons. The van der Waals surface area contributed by atoms with Gasteiger partial charge in [-0.05, 0) is 6.42 Å². The molecular formula is C21H52O12Si4. The molecule has 0 unspecified atom stereocenters. The number of unbranched alkanes of at least 4 members (excludes halogenated alkanes) is 9. The maximum absolute atomic E-state index is 6.43. The van der Waals surface area contributed by atoms with Gasteiger partial charge >= 0.3 is 35.9 Å². The van der Waals surface area contributed by atoms with Gasteiger partial charge in [-0.15, -0.1) is 0 Å². The van der Waals surface area contributed by atoms with Crippen LogP contribution in [0.3, 0.4) is 0 Å². The fourth-order valence-electron chi connectivity index (χ4n) is 3.74. The lowest BCUT2D eigenvalue weighted by Crippen LogP contribution is -2.69. The molecular weight excluding hydrogens is 557 g/mol. The smallest absolute Gasteiger partial charge is 0.355 e. The van der Waals surface area contributed by atoms with Crippen molar-refractivity contribution in [2.75, 3.05) is 64.0 Å². The van der Waals surface area contributed by atoms with E-state index < -0.39 is 35.9 Å². The lowest BCUT2D eigenvalue weighted by molar-refractivity contribution is -0.0260. The first-order valence-corrected chi connectivity index (χ1v) is 19.6. The van der Waals surface area contributed by atoms with Gasteiger partial charge in [-0.3, -0.25) is 0 Å². The molecule has 0 aliphatic rings. The third-order valence-electron chi connectivity index (χ3n) is 5.93. The SMILES string of the molecule is CCCCCCCCCCCC[Si](O[Si](OC)(OC)OC)(O[Si](OC)(OC)OC)O[Si](OC)(OC)OC. The van der Waals surface area contributed by atoms with E-state index in [9.17, 15) is 0 Å². The van der Waals surface area contributed by atoms with Crippen molar-refractivity contribution >= 4 is 35.9 Å². The standard InChI is InChI=1S/C21H52O12Si4/c1-11-12-13-14-15-16-17-18-19-20-21-34(31-35(22-2,23-3)24-4,32-36(25-5,26-6)27-7)33-37(28-8,29-9)30-10/h11-21H2,1-10H3.